The van der Waals surface area contributed by atoms with Gasteiger partial charge < -0.3 is 19.7 Å². The predicted molar refractivity (Wildman–Crippen MR) is 109 cm³/mol. The summed E-state index contributed by atoms with van der Waals surface area (Å²) in [6.45, 7) is 2.14. The molecule has 0 spiro atoms. The van der Waals surface area contributed by atoms with Gasteiger partial charge in [-0.05, 0) is 49.6 Å². The van der Waals surface area contributed by atoms with Crippen LogP contribution in [0.5, 0.6) is 11.5 Å². The molecule has 6 nitrogen and oxygen atoms in total. The van der Waals surface area contributed by atoms with Crippen molar-refractivity contribution in [3.8, 4) is 17.6 Å². The molecule has 1 heterocycles. The fourth-order valence-corrected chi connectivity index (χ4v) is 3.30. The summed E-state index contributed by atoms with van der Waals surface area (Å²) in [7, 11) is 1.51. The average molecular weight is 397 g/mol. The molecule has 0 saturated carbocycles. The number of benzene rings is 2. The molecule has 0 unspecified atom stereocenters. The number of carbonyl (C=O) groups excluding carboxylic acids is 1. The lowest BCUT2D eigenvalue weighted by molar-refractivity contribution is -0.116. The number of ether oxygens (including phenoxy) is 2. The van der Waals surface area contributed by atoms with Crippen molar-refractivity contribution in [1.82, 2.24) is 0 Å². The minimum absolute atomic E-state index is 0.196. The predicted octanol–water partition coefficient (Wildman–Crippen LogP) is 4.10. The molecule has 1 amide bonds. The Balaban J connectivity index is 1.49. The molecule has 2 aromatic rings. The van der Waals surface area contributed by atoms with Crippen LogP contribution in [0.15, 0.2) is 36.4 Å². The van der Waals surface area contributed by atoms with E-state index in [2.05, 4.69) is 10.2 Å². The minimum atomic E-state index is -0.360. The Morgan fingerprint density at radius 2 is 2.00 bits per heavy atom. The van der Waals surface area contributed by atoms with Crippen LogP contribution >= 0.6 is 0 Å². The molecule has 1 N–H and O–H groups in total. The number of halogens is 1. The van der Waals surface area contributed by atoms with Crippen molar-refractivity contribution in [3.63, 3.8) is 0 Å². The Kier molecular flexibility index (Phi) is 6.90. The molecule has 2 aromatic carbocycles. The van der Waals surface area contributed by atoms with Crippen molar-refractivity contribution < 1.29 is 18.7 Å². The third-order valence-electron chi connectivity index (χ3n) is 4.74. The smallest absolute Gasteiger partial charge is 0.224 e. The van der Waals surface area contributed by atoms with E-state index >= 15 is 0 Å². The number of hydrogen-bond donors (Lipinski definition) is 1. The molecule has 1 saturated heterocycles. The Labute approximate surface area is 169 Å². The second kappa shape index (κ2) is 9.78. The highest BCUT2D eigenvalue weighted by atomic mass is 19.1. The van der Waals surface area contributed by atoms with Gasteiger partial charge in [0.2, 0.25) is 5.91 Å². The summed E-state index contributed by atoms with van der Waals surface area (Å²) in [4.78, 5) is 14.3. The number of nitrogens with one attached hydrogen (secondary N) is 1. The van der Waals surface area contributed by atoms with Crippen molar-refractivity contribution in [3.05, 3.63) is 47.8 Å². The van der Waals surface area contributed by atoms with Gasteiger partial charge in [0.15, 0.2) is 11.5 Å². The number of nitriles is 1. The number of rotatable bonds is 8. The zero-order chi connectivity index (χ0) is 20.6. The van der Waals surface area contributed by atoms with Crippen molar-refractivity contribution in [2.75, 3.05) is 37.0 Å². The largest absolute Gasteiger partial charge is 0.493 e. The Morgan fingerprint density at radius 3 is 2.72 bits per heavy atom. The molecular formula is C22H24FN3O3. The summed E-state index contributed by atoms with van der Waals surface area (Å²) < 4.78 is 24.8. The van der Waals surface area contributed by atoms with Crippen LogP contribution in [0.1, 0.15) is 31.2 Å². The van der Waals surface area contributed by atoms with Crippen LogP contribution in [0, 0.1) is 17.1 Å². The van der Waals surface area contributed by atoms with Crippen LogP contribution < -0.4 is 19.7 Å². The first-order valence-electron chi connectivity index (χ1n) is 9.65. The van der Waals surface area contributed by atoms with Crippen molar-refractivity contribution >= 4 is 17.3 Å². The molecule has 1 fully saturated rings. The molecular weight excluding hydrogens is 373 g/mol. The monoisotopic (exact) mass is 397 g/mol. The van der Waals surface area contributed by atoms with E-state index in [9.17, 15) is 9.18 Å². The highest BCUT2D eigenvalue weighted by Crippen LogP contribution is 2.28. The fourth-order valence-electron chi connectivity index (χ4n) is 3.30. The van der Waals surface area contributed by atoms with E-state index in [0.29, 0.717) is 35.8 Å². The van der Waals surface area contributed by atoms with Crippen LogP contribution in [0.3, 0.4) is 0 Å². The summed E-state index contributed by atoms with van der Waals surface area (Å²) in [5.74, 6) is 0.439. The quantitative estimate of drug-likeness (QED) is 0.679. The highest BCUT2D eigenvalue weighted by Gasteiger charge is 2.14. The summed E-state index contributed by atoms with van der Waals surface area (Å²) >= 11 is 0. The first kappa shape index (κ1) is 20.5. The maximum absolute atomic E-state index is 13.9. The molecule has 1 aliphatic rings. The van der Waals surface area contributed by atoms with E-state index in [1.807, 2.05) is 12.1 Å². The molecule has 29 heavy (non-hydrogen) atoms. The second-order valence-corrected chi connectivity index (χ2v) is 6.87. The van der Waals surface area contributed by atoms with Crippen molar-refractivity contribution in [2.45, 2.75) is 25.7 Å². The van der Waals surface area contributed by atoms with Gasteiger partial charge in [-0.2, -0.15) is 5.26 Å². The fraction of sp³-hybridized carbons (Fsp3) is 0.364. The van der Waals surface area contributed by atoms with Crippen LogP contribution in [-0.2, 0) is 4.79 Å². The summed E-state index contributed by atoms with van der Waals surface area (Å²) in [5.41, 5.74) is 1.75. The van der Waals surface area contributed by atoms with Gasteiger partial charge in [-0.3, -0.25) is 4.79 Å². The Hall–Kier alpha value is -3.27. The molecule has 0 aliphatic carbocycles. The first-order valence-corrected chi connectivity index (χ1v) is 9.65. The topological polar surface area (TPSA) is 74.6 Å². The third kappa shape index (κ3) is 5.61. The summed E-state index contributed by atoms with van der Waals surface area (Å²) in [5, 5.41) is 11.7. The first-order chi connectivity index (χ1) is 14.1. The van der Waals surface area contributed by atoms with Gasteiger partial charge in [-0.1, -0.05) is 0 Å². The SMILES string of the molecule is COc1cc(C#N)ccc1OCCCC(=O)Nc1cc(F)cc(N2CCCC2)c1. The maximum atomic E-state index is 13.9. The van der Waals surface area contributed by atoms with E-state index in [1.54, 1.807) is 18.2 Å². The van der Waals surface area contributed by atoms with Crippen molar-refractivity contribution in [1.29, 1.82) is 5.26 Å². The van der Waals surface area contributed by atoms with Gasteiger partial charge >= 0.3 is 0 Å². The number of hydrogen-bond acceptors (Lipinski definition) is 5. The van der Waals surface area contributed by atoms with E-state index in [4.69, 9.17) is 14.7 Å². The second-order valence-electron chi connectivity index (χ2n) is 6.87. The lowest BCUT2D eigenvalue weighted by atomic mass is 10.2. The molecule has 3 rings (SSSR count). The van der Waals surface area contributed by atoms with E-state index in [1.165, 1.54) is 19.2 Å². The molecule has 0 atom stereocenters. The minimum Gasteiger partial charge on any atom is -0.493 e. The normalized spacial score (nSPS) is 13.1. The summed E-state index contributed by atoms with van der Waals surface area (Å²) in [6, 6.07) is 11.6. The molecule has 0 aromatic heterocycles. The maximum Gasteiger partial charge on any atom is 0.224 e. The van der Waals surface area contributed by atoms with Gasteiger partial charge in [-0.15, -0.1) is 0 Å². The zero-order valence-electron chi connectivity index (χ0n) is 16.4. The molecule has 7 heteroatoms. The van der Waals surface area contributed by atoms with Gasteiger partial charge in [0.25, 0.3) is 0 Å². The third-order valence-corrected chi connectivity index (χ3v) is 4.74. The molecule has 0 bridgehead atoms. The standard InChI is InChI=1S/C22H24FN3O3/c1-28-21-11-16(15-24)6-7-20(21)29-10-4-5-22(27)25-18-12-17(23)13-19(14-18)26-8-2-3-9-26/h6-7,11-14H,2-5,8-10H2,1H3,(H,25,27). The zero-order valence-corrected chi connectivity index (χ0v) is 16.4. The summed E-state index contributed by atoms with van der Waals surface area (Å²) in [6.07, 6.45) is 2.93. The molecule has 152 valence electrons. The molecule has 1 aliphatic heterocycles. The Bertz CT molecular complexity index is 905. The number of amides is 1. The average Bonchev–Trinajstić information content (AvgIpc) is 3.25. The van der Waals surface area contributed by atoms with Crippen LogP contribution in [0.4, 0.5) is 15.8 Å². The van der Waals surface area contributed by atoms with E-state index < -0.39 is 0 Å². The van der Waals surface area contributed by atoms with E-state index in [0.717, 1.165) is 31.6 Å². The van der Waals surface area contributed by atoms with Gasteiger partial charge in [0, 0.05) is 37.0 Å². The number of methoxy groups -OCH3 is 1. The van der Waals surface area contributed by atoms with Gasteiger partial charge in [0.05, 0.1) is 25.3 Å². The lowest BCUT2D eigenvalue weighted by Gasteiger charge is -2.19. The van der Waals surface area contributed by atoms with Crippen LogP contribution in [0.2, 0.25) is 0 Å². The number of nitrogens with zero attached hydrogens (tertiary/aromatic N) is 2. The highest BCUT2D eigenvalue weighted by molar-refractivity contribution is 5.91. The molecule has 0 radical (unpaired) electrons. The van der Waals surface area contributed by atoms with Crippen LogP contribution in [0.25, 0.3) is 0 Å². The number of carbonyl (C=O) groups is 1. The number of anilines is 2. The van der Waals surface area contributed by atoms with Crippen molar-refractivity contribution in [2.24, 2.45) is 0 Å². The Morgan fingerprint density at radius 1 is 1.21 bits per heavy atom. The van der Waals surface area contributed by atoms with Crippen LogP contribution in [-0.4, -0.2) is 32.7 Å². The lowest BCUT2D eigenvalue weighted by Crippen LogP contribution is -2.18. The van der Waals surface area contributed by atoms with Gasteiger partial charge in [0.1, 0.15) is 5.82 Å². The van der Waals surface area contributed by atoms with E-state index in [-0.39, 0.29) is 18.1 Å². The van der Waals surface area contributed by atoms with Gasteiger partial charge in [-0.25, -0.2) is 4.39 Å².